The molecule has 0 fully saturated rings. The second-order valence-corrected chi connectivity index (χ2v) is 5.89. The van der Waals surface area contributed by atoms with Crippen LogP contribution >= 0.6 is 0 Å². The summed E-state index contributed by atoms with van der Waals surface area (Å²) in [4.78, 5) is 38.9. The highest BCUT2D eigenvalue weighted by Crippen LogP contribution is 2.35. The quantitative estimate of drug-likeness (QED) is 0.366. The molecule has 0 bridgehead atoms. The van der Waals surface area contributed by atoms with E-state index < -0.39 is 16.5 Å². The molecule has 0 radical (unpaired) electrons. The maximum atomic E-state index is 12.2. The van der Waals surface area contributed by atoms with Crippen molar-refractivity contribution in [3.05, 3.63) is 83.1 Å². The summed E-state index contributed by atoms with van der Waals surface area (Å²) in [6.45, 7) is 0. The van der Waals surface area contributed by atoms with Crippen LogP contribution in [-0.4, -0.2) is 30.8 Å². The third kappa shape index (κ3) is 3.80. The van der Waals surface area contributed by atoms with Gasteiger partial charge in [0.25, 0.3) is 5.91 Å². The summed E-state index contributed by atoms with van der Waals surface area (Å²) in [5.41, 5.74) is 5.02. The van der Waals surface area contributed by atoms with E-state index in [2.05, 4.69) is 30.8 Å². The second-order valence-electron chi connectivity index (χ2n) is 5.89. The van der Waals surface area contributed by atoms with Gasteiger partial charge in [-0.1, -0.05) is 18.2 Å². The van der Waals surface area contributed by atoms with E-state index in [4.69, 9.17) is 4.74 Å². The molecular formula is C19H13N7O4. The molecule has 11 nitrogen and oxygen atoms in total. The Morgan fingerprint density at radius 2 is 1.87 bits per heavy atom. The summed E-state index contributed by atoms with van der Waals surface area (Å²) in [6, 6.07) is 11.9. The van der Waals surface area contributed by atoms with Crippen LogP contribution in [0.5, 0.6) is 11.6 Å². The number of nitrogens with one attached hydrogen (secondary N) is 2. The van der Waals surface area contributed by atoms with Gasteiger partial charge >= 0.3 is 11.6 Å². The van der Waals surface area contributed by atoms with Crippen molar-refractivity contribution in [2.24, 2.45) is 0 Å². The first-order valence-electron chi connectivity index (χ1n) is 8.61. The van der Waals surface area contributed by atoms with Gasteiger partial charge in [0, 0.05) is 24.0 Å². The van der Waals surface area contributed by atoms with E-state index in [0.29, 0.717) is 11.3 Å². The molecule has 4 rings (SSSR count). The van der Waals surface area contributed by atoms with Crippen molar-refractivity contribution in [1.29, 1.82) is 0 Å². The fourth-order valence-electron chi connectivity index (χ4n) is 2.64. The number of benzene rings is 1. The number of anilines is 1. The lowest BCUT2D eigenvalue weighted by Crippen LogP contribution is -2.30. The lowest BCUT2D eigenvalue weighted by atomic mass is 10.2. The number of para-hydroxylation sites is 1. The molecular weight excluding hydrogens is 390 g/mol. The average molecular weight is 403 g/mol. The normalized spacial score (nSPS) is 10.4. The van der Waals surface area contributed by atoms with Crippen LogP contribution in [0, 0.1) is 10.1 Å². The van der Waals surface area contributed by atoms with Gasteiger partial charge in [-0.05, 0) is 24.3 Å². The Kier molecular flexibility index (Phi) is 5.07. The number of hydrogen-bond acceptors (Lipinski definition) is 9. The van der Waals surface area contributed by atoms with Gasteiger partial charge in [0.2, 0.25) is 5.82 Å². The molecule has 2 N–H and O–H groups in total. The second kappa shape index (κ2) is 8.14. The first-order valence-corrected chi connectivity index (χ1v) is 8.61. The zero-order valence-electron chi connectivity index (χ0n) is 15.2. The largest absolute Gasteiger partial charge is 0.431 e. The predicted molar refractivity (Wildman–Crippen MR) is 106 cm³/mol. The van der Waals surface area contributed by atoms with Crippen molar-refractivity contribution in [2.45, 2.75) is 0 Å². The van der Waals surface area contributed by atoms with Gasteiger partial charge < -0.3 is 4.74 Å². The number of ether oxygens (including phenoxy) is 1. The van der Waals surface area contributed by atoms with Gasteiger partial charge in [0.05, 0.1) is 10.5 Å². The van der Waals surface area contributed by atoms with Crippen LogP contribution in [0.2, 0.25) is 0 Å². The fourth-order valence-corrected chi connectivity index (χ4v) is 2.64. The van der Waals surface area contributed by atoms with Gasteiger partial charge in [0.1, 0.15) is 11.8 Å². The number of carbonyl (C=O) groups excluding carboxylic acids is 1. The molecule has 0 spiro atoms. The van der Waals surface area contributed by atoms with Crippen LogP contribution in [0.4, 0.5) is 11.5 Å². The van der Waals surface area contributed by atoms with E-state index in [1.54, 1.807) is 36.5 Å². The van der Waals surface area contributed by atoms with Crippen LogP contribution in [0.1, 0.15) is 10.4 Å². The molecule has 0 saturated heterocycles. The van der Waals surface area contributed by atoms with Crippen molar-refractivity contribution in [3.63, 3.8) is 0 Å². The number of hydrogen-bond donors (Lipinski definition) is 2. The molecule has 30 heavy (non-hydrogen) atoms. The molecule has 4 aromatic rings. The predicted octanol–water partition coefficient (Wildman–Crippen LogP) is 2.88. The molecule has 0 aliphatic heterocycles. The van der Waals surface area contributed by atoms with E-state index >= 15 is 0 Å². The third-order valence-electron chi connectivity index (χ3n) is 3.99. The molecule has 3 aromatic heterocycles. The Hall–Kier alpha value is -4.67. The zero-order valence-corrected chi connectivity index (χ0v) is 15.2. The van der Waals surface area contributed by atoms with Crippen molar-refractivity contribution in [1.82, 2.24) is 25.4 Å². The molecule has 0 atom stereocenters. The van der Waals surface area contributed by atoms with Crippen LogP contribution in [0.15, 0.2) is 67.4 Å². The summed E-state index contributed by atoms with van der Waals surface area (Å²) in [5.74, 6) is -0.793. The topological polar surface area (TPSA) is 145 Å². The number of rotatable bonds is 6. The lowest BCUT2D eigenvalue weighted by molar-refractivity contribution is -0.385. The van der Waals surface area contributed by atoms with Crippen molar-refractivity contribution < 1.29 is 14.5 Å². The first kappa shape index (κ1) is 18.7. The standard InChI is InChI=1S/C19H13N7O4/c27-18(13-6-2-8-20-10-13)25-24-17-16(26(28)29)19(23-11-22-17)30-14-7-1-4-12-5-3-9-21-15(12)14/h1-11H,(H,25,27)(H,22,23,24). The fraction of sp³-hybridized carbons (Fsp3) is 0. The minimum absolute atomic E-state index is 0.240. The highest BCUT2D eigenvalue weighted by Gasteiger charge is 2.26. The zero-order chi connectivity index (χ0) is 20.9. The summed E-state index contributed by atoms with van der Waals surface area (Å²) in [5, 5.41) is 12.5. The van der Waals surface area contributed by atoms with Crippen LogP contribution in [0.3, 0.4) is 0 Å². The van der Waals surface area contributed by atoms with Gasteiger partial charge in [-0.3, -0.25) is 35.7 Å². The first-order chi connectivity index (χ1) is 14.6. The summed E-state index contributed by atoms with van der Waals surface area (Å²) >= 11 is 0. The number of amides is 1. The summed E-state index contributed by atoms with van der Waals surface area (Å²) in [7, 11) is 0. The Labute approximate surface area is 168 Å². The summed E-state index contributed by atoms with van der Waals surface area (Å²) < 4.78 is 5.70. The average Bonchev–Trinajstić information content (AvgIpc) is 2.78. The number of aromatic nitrogens is 4. The van der Waals surface area contributed by atoms with Crippen LogP contribution < -0.4 is 15.6 Å². The smallest absolute Gasteiger partial charge is 0.374 e. The van der Waals surface area contributed by atoms with Gasteiger partial charge in [0.15, 0.2) is 5.75 Å². The molecule has 0 aliphatic rings. The van der Waals surface area contributed by atoms with Crippen LogP contribution in [0.25, 0.3) is 10.9 Å². The van der Waals surface area contributed by atoms with Crippen molar-refractivity contribution in [2.75, 3.05) is 5.43 Å². The Morgan fingerprint density at radius 1 is 1.03 bits per heavy atom. The van der Waals surface area contributed by atoms with E-state index in [1.807, 2.05) is 12.1 Å². The molecule has 0 saturated carbocycles. The lowest BCUT2D eigenvalue weighted by Gasteiger charge is -2.11. The molecule has 0 unspecified atom stereocenters. The minimum atomic E-state index is -0.702. The summed E-state index contributed by atoms with van der Waals surface area (Å²) in [6.07, 6.45) is 5.54. The molecule has 148 valence electrons. The molecule has 0 aliphatic carbocycles. The maximum absolute atomic E-state index is 12.2. The van der Waals surface area contributed by atoms with Crippen LogP contribution in [-0.2, 0) is 0 Å². The third-order valence-corrected chi connectivity index (χ3v) is 3.99. The Morgan fingerprint density at radius 3 is 2.67 bits per heavy atom. The number of nitrogens with zero attached hydrogens (tertiary/aromatic N) is 5. The molecule has 11 heteroatoms. The van der Waals surface area contributed by atoms with Crippen molar-refractivity contribution >= 4 is 28.3 Å². The molecule has 1 aromatic carbocycles. The highest BCUT2D eigenvalue weighted by molar-refractivity contribution is 5.94. The maximum Gasteiger partial charge on any atom is 0.374 e. The van der Waals surface area contributed by atoms with Crippen molar-refractivity contribution in [3.8, 4) is 11.6 Å². The Balaban J connectivity index is 1.63. The van der Waals surface area contributed by atoms with Gasteiger partial charge in [-0.15, -0.1) is 0 Å². The number of hydrazine groups is 1. The minimum Gasteiger partial charge on any atom is -0.431 e. The van der Waals surface area contributed by atoms with Gasteiger partial charge in [-0.25, -0.2) is 4.98 Å². The van der Waals surface area contributed by atoms with E-state index in [-0.39, 0.29) is 17.3 Å². The van der Waals surface area contributed by atoms with E-state index in [9.17, 15) is 14.9 Å². The van der Waals surface area contributed by atoms with Gasteiger partial charge in [-0.2, -0.15) is 4.98 Å². The Bertz CT molecular complexity index is 1230. The molecule has 1 amide bonds. The SMILES string of the molecule is O=C(NNc1ncnc(Oc2cccc3cccnc23)c1[N+](=O)[O-])c1cccnc1. The number of carbonyl (C=O) groups is 1. The molecule has 3 heterocycles. The number of fused-ring (bicyclic) bond motifs is 1. The number of pyridine rings is 2. The number of nitro groups is 1. The highest BCUT2D eigenvalue weighted by atomic mass is 16.6. The van der Waals surface area contributed by atoms with E-state index in [1.165, 1.54) is 12.4 Å². The monoisotopic (exact) mass is 403 g/mol. The van der Waals surface area contributed by atoms with E-state index in [0.717, 1.165) is 11.7 Å².